The Morgan fingerprint density at radius 1 is 1.31 bits per heavy atom. The van der Waals surface area contributed by atoms with E-state index < -0.39 is 6.61 Å². The molecule has 0 saturated heterocycles. The van der Waals surface area contributed by atoms with Gasteiger partial charge in [0.15, 0.2) is 11.5 Å². The minimum atomic E-state index is -2.98. The Labute approximate surface area is 146 Å². The van der Waals surface area contributed by atoms with Crippen LogP contribution in [-0.2, 0) is 0 Å². The Kier molecular flexibility index (Phi) is 4.94. The van der Waals surface area contributed by atoms with E-state index in [4.69, 9.17) is 13.7 Å². The first kappa shape index (κ1) is 17.2. The van der Waals surface area contributed by atoms with Crippen molar-refractivity contribution in [2.24, 2.45) is 0 Å². The zero-order valence-electron chi connectivity index (χ0n) is 13.3. The van der Waals surface area contributed by atoms with Gasteiger partial charge in [-0.2, -0.15) is 19.0 Å². The number of alkyl halides is 2. The lowest BCUT2D eigenvalue weighted by molar-refractivity contribution is -0.0512. The van der Waals surface area contributed by atoms with Crippen molar-refractivity contribution in [3.63, 3.8) is 0 Å². The maximum Gasteiger partial charge on any atom is 0.387 e. The molecule has 0 N–H and O–H groups in total. The van der Waals surface area contributed by atoms with Gasteiger partial charge in [-0.25, -0.2) is 0 Å². The first-order valence-electron chi connectivity index (χ1n) is 7.23. The number of allylic oxidation sites excluding steroid dienone is 1. The van der Waals surface area contributed by atoms with E-state index in [1.807, 2.05) is 6.07 Å². The number of hydrogen-bond donors (Lipinski definition) is 0. The molecule has 2 heterocycles. The predicted octanol–water partition coefficient (Wildman–Crippen LogP) is 4.00. The third-order valence-electron chi connectivity index (χ3n) is 3.24. The summed E-state index contributed by atoms with van der Waals surface area (Å²) < 4.78 is 44.4. The molecule has 132 valence electrons. The van der Waals surface area contributed by atoms with E-state index >= 15 is 0 Å². The highest BCUT2D eigenvalue weighted by Crippen LogP contribution is 2.33. The van der Waals surface area contributed by atoms with E-state index in [2.05, 4.69) is 14.9 Å². The molecule has 0 amide bonds. The summed E-state index contributed by atoms with van der Waals surface area (Å²) in [5, 5.41) is 13.1. The molecule has 0 fully saturated rings. The molecule has 0 aliphatic rings. The minimum Gasteiger partial charge on any atom is -0.493 e. The van der Waals surface area contributed by atoms with E-state index in [9.17, 15) is 14.0 Å². The van der Waals surface area contributed by atoms with Crippen LogP contribution in [0.5, 0.6) is 11.5 Å². The van der Waals surface area contributed by atoms with Crippen LogP contribution >= 0.6 is 0 Å². The lowest BCUT2D eigenvalue weighted by Gasteiger charge is -2.10. The molecule has 0 aliphatic heterocycles. The predicted molar refractivity (Wildman–Crippen MR) is 85.1 cm³/mol. The van der Waals surface area contributed by atoms with Crippen molar-refractivity contribution >= 4 is 11.6 Å². The Morgan fingerprint density at radius 2 is 2.15 bits per heavy atom. The number of furan rings is 1. The summed E-state index contributed by atoms with van der Waals surface area (Å²) in [6.45, 7) is -2.98. The molecule has 9 heteroatoms. The molecule has 0 unspecified atom stereocenters. The highest BCUT2D eigenvalue weighted by Gasteiger charge is 2.16. The molecule has 26 heavy (non-hydrogen) atoms. The summed E-state index contributed by atoms with van der Waals surface area (Å²) >= 11 is 0. The zero-order chi connectivity index (χ0) is 18.5. The smallest absolute Gasteiger partial charge is 0.387 e. The Bertz CT molecular complexity index is 959. The van der Waals surface area contributed by atoms with E-state index in [-0.39, 0.29) is 28.8 Å². The fourth-order valence-corrected chi connectivity index (χ4v) is 2.11. The SMILES string of the molecule is COc1cc(-c2noc(/C(C#N)=C/c3ccco3)n2)ccc1OC(F)F. The summed E-state index contributed by atoms with van der Waals surface area (Å²) in [7, 11) is 1.32. The molecule has 0 spiro atoms. The summed E-state index contributed by atoms with van der Waals surface area (Å²) in [4.78, 5) is 4.14. The van der Waals surface area contributed by atoms with Gasteiger partial charge in [0, 0.05) is 11.6 Å². The largest absolute Gasteiger partial charge is 0.493 e. The molecule has 1 aromatic carbocycles. The Hall–Kier alpha value is -3.67. The molecule has 3 rings (SSSR count). The number of halogens is 2. The number of hydrogen-bond acceptors (Lipinski definition) is 7. The average molecular weight is 359 g/mol. The summed E-state index contributed by atoms with van der Waals surface area (Å²) in [5.74, 6) is 0.566. The monoisotopic (exact) mass is 359 g/mol. The summed E-state index contributed by atoms with van der Waals surface area (Å²) in [5.41, 5.74) is 0.553. The zero-order valence-corrected chi connectivity index (χ0v) is 13.3. The van der Waals surface area contributed by atoms with Crippen LogP contribution in [0.3, 0.4) is 0 Å². The van der Waals surface area contributed by atoms with Gasteiger partial charge in [0.25, 0.3) is 5.89 Å². The molecule has 0 bridgehead atoms. The standard InChI is InChI=1S/C17H11F2N3O4/c1-23-14-8-10(4-5-13(14)25-17(18)19)15-21-16(26-22-15)11(9-20)7-12-3-2-6-24-12/h2-8,17H,1H3/b11-7+. The normalized spacial score (nSPS) is 11.4. The van der Waals surface area contributed by atoms with Crippen molar-refractivity contribution in [1.82, 2.24) is 10.1 Å². The third-order valence-corrected chi connectivity index (χ3v) is 3.24. The molecule has 0 atom stereocenters. The van der Waals surface area contributed by atoms with Crippen molar-refractivity contribution in [2.75, 3.05) is 7.11 Å². The van der Waals surface area contributed by atoms with Gasteiger partial charge >= 0.3 is 6.61 Å². The first-order valence-corrected chi connectivity index (χ1v) is 7.23. The number of benzene rings is 1. The lowest BCUT2D eigenvalue weighted by atomic mass is 10.2. The number of nitrogens with zero attached hydrogens (tertiary/aromatic N) is 3. The van der Waals surface area contributed by atoms with Gasteiger partial charge in [0.2, 0.25) is 5.82 Å². The fourth-order valence-electron chi connectivity index (χ4n) is 2.11. The second-order valence-corrected chi connectivity index (χ2v) is 4.85. The van der Waals surface area contributed by atoms with Crippen molar-refractivity contribution in [3.05, 3.63) is 48.2 Å². The summed E-state index contributed by atoms with van der Waals surface area (Å²) in [6, 6.07) is 9.50. The van der Waals surface area contributed by atoms with Gasteiger partial charge in [-0.05, 0) is 30.3 Å². The highest BCUT2D eigenvalue weighted by atomic mass is 19.3. The van der Waals surface area contributed by atoms with Crippen LogP contribution < -0.4 is 9.47 Å². The van der Waals surface area contributed by atoms with Gasteiger partial charge in [-0.1, -0.05) is 5.16 Å². The molecule has 0 radical (unpaired) electrons. The van der Waals surface area contributed by atoms with Gasteiger partial charge in [0.05, 0.1) is 13.4 Å². The van der Waals surface area contributed by atoms with Crippen molar-refractivity contribution < 1.29 is 27.2 Å². The van der Waals surface area contributed by atoms with Crippen LogP contribution in [0.1, 0.15) is 11.7 Å². The van der Waals surface area contributed by atoms with Crippen LogP contribution in [-0.4, -0.2) is 23.9 Å². The molecule has 0 aliphatic carbocycles. The molecule has 0 saturated carbocycles. The van der Waals surface area contributed by atoms with E-state index in [1.165, 1.54) is 37.6 Å². The average Bonchev–Trinajstić information content (AvgIpc) is 3.31. The molecule has 7 nitrogen and oxygen atoms in total. The second-order valence-electron chi connectivity index (χ2n) is 4.85. The second kappa shape index (κ2) is 7.48. The lowest BCUT2D eigenvalue weighted by Crippen LogP contribution is -2.03. The molecule has 3 aromatic rings. The third kappa shape index (κ3) is 3.70. The van der Waals surface area contributed by atoms with Crippen LogP contribution in [0, 0.1) is 11.3 Å². The van der Waals surface area contributed by atoms with Crippen LogP contribution in [0.15, 0.2) is 45.5 Å². The van der Waals surface area contributed by atoms with Gasteiger partial charge in [0.1, 0.15) is 17.4 Å². The Balaban J connectivity index is 1.91. The minimum absolute atomic E-state index is 0.00854. The van der Waals surface area contributed by atoms with Crippen LogP contribution in [0.25, 0.3) is 23.0 Å². The number of nitriles is 1. The van der Waals surface area contributed by atoms with Gasteiger partial charge in [-0.15, -0.1) is 0 Å². The van der Waals surface area contributed by atoms with E-state index in [0.717, 1.165) is 0 Å². The number of aromatic nitrogens is 2. The molecular weight excluding hydrogens is 348 g/mol. The molecule has 2 aromatic heterocycles. The fraction of sp³-hybridized carbons (Fsp3) is 0.118. The van der Waals surface area contributed by atoms with Crippen molar-refractivity contribution in [3.8, 4) is 29.0 Å². The van der Waals surface area contributed by atoms with Gasteiger partial charge < -0.3 is 18.4 Å². The quantitative estimate of drug-likeness (QED) is 0.614. The van der Waals surface area contributed by atoms with Crippen molar-refractivity contribution in [1.29, 1.82) is 5.26 Å². The van der Waals surface area contributed by atoms with Crippen LogP contribution in [0.4, 0.5) is 8.78 Å². The Morgan fingerprint density at radius 3 is 2.81 bits per heavy atom. The first-order chi connectivity index (χ1) is 12.6. The number of ether oxygens (including phenoxy) is 2. The van der Waals surface area contributed by atoms with Crippen LogP contribution in [0.2, 0.25) is 0 Å². The van der Waals surface area contributed by atoms with Gasteiger partial charge in [-0.3, -0.25) is 0 Å². The topological polar surface area (TPSA) is 94.3 Å². The number of rotatable bonds is 6. The number of methoxy groups -OCH3 is 1. The van der Waals surface area contributed by atoms with E-state index in [1.54, 1.807) is 12.1 Å². The summed E-state index contributed by atoms with van der Waals surface area (Å²) in [6.07, 6.45) is 2.92. The maximum absolute atomic E-state index is 12.4. The highest BCUT2D eigenvalue weighted by molar-refractivity contribution is 5.85. The maximum atomic E-state index is 12.4. The van der Waals surface area contributed by atoms with E-state index in [0.29, 0.717) is 11.3 Å². The molecular formula is C17H11F2N3O4. The van der Waals surface area contributed by atoms with Crippen molar-refractivity contribution in [2.45, 2.75) is 6.61 Å².